The van der Waals surface area contributed by atoms with Gasteiger partial charge in [0.25, 0.3) is 5.91 Å². The lowest BCUT2D eigenvalue weighted by atomic mass is 10.1. The molecule has 0 unspecified atom stereocenters. The van der Waals surface area contributed by atoms with Gasteiger partial charge in [-0.1, -0.05) is 54.1 Å². The van der Waals surface area contributed by atoms with Crippen LogP contribution in [-0.2, 0) is 11.4 Å². The van der Waals surface area contributed by atoms with Gasteiger partial charge >= 0.3 is 6.18 Å². The quantitative estimate of drug-likeness (QED) is 0.425. The molecule has 0 saturated heterocycles. The number of ether oxygens (including phenoxy) is 1. The lowest BCUT2D eigenvalue weighted by Gasteiger charge is -2.11. The van der Waals surface area contributed by atoms with E-state index in [1.807, 2.05) is 12.1 Å². The number of anilines is 1. The molecular weight excluding hydrogens is 441 g/mol. The van der Waals surface area contributed by atoms with Crippen molar-refractivity contribution in [1.29, 1.82) is 0 Å². The van der Waals surface area contributed by atoms with E-state index in [0.29, 0.717) is 22.9 Å². The number of carbonyl (C=O) groups is 1. The van der Waals surface area contributed by atoms with Crippen LogP contribution in [0.2, 0.25) is 5.02 Å². The summed E-state index contributed by atoms with van der Waals surface area (Å²) in [6, 6.07) is 21.6. The number of benzene rings is 3. The highest BCUT2D eigenvalue weighted by atomic mass is 35.5. The molecule has 1 heterocycles. The van der Waals surface area contributed by atoms with Crippen molar-refractivity contribution in [1.82, 2.24) is 0 Å². The van der Waals surface area contributed by atoms with Crippen molar-refractivity contribution < 1.29 is 22.7 Å². The lowest BCUT2D eigenvalue weighted by Crippen LogP contribution is -2.25. The first-order valence-corrected chi connectivity index (χ1v) is 9.94. The Kier molecular flexibility index (Phi) is 6.01. The molecule has 1 amide bonds. The van der Waals surface area contributed by atoms with E-state index in [0.717, 1.165) is 10.6 Å². The number of carbonyl (C=O) groups excluding carboxylic acids is 1. The van der Waals surface area contributed by atoms with E-state index in [1.165, 1.54) is 18.2 Å². The number of alkyl halides is 3. The van der Waals surface area contributed by atoms with E-state index in [-0.39, 0.29) is 5.69 Å². The molecule has 0 saturated carbocycles. The average Bonchev–Trinajstić information content (AvgIpc) is 3.11. The molecule has 1 aliphatic heterocycles. The van der Waals surface area contributed by atoms with Crippen LogP contribution in [0.3, 0.4) is 0 Å². The van der Waals surface area contributed by atoms with Gasteiger partial charge in [0.15, 0.2) is 5.71 Å². The van der Waals surface area contributed by atoms with E-state index in [9.17, 15) is 18.0 Å². The fraction of sp³-hybridized carbons (Fsp3) is 0.0833. The summed E-state index contributed by atoms with van der Waals surface area (Å²) >= 11 is 5.86. The Labute approximate surface area is 187 Å². The maximum Gasteiger partial charge on any atom is 0.435 e. The van der Waals surface area contributed by atoms with Crippen LogP contribution in [0, 0.1) is 0 Å². The molecule has 0 radical (unpaired) electrons. The van der Waals surface area contributed by atoms with Crippen LogP contribution in [0.1, 0.15) is 11.1 Å². The Morgan fingerprint density at radius 1 is 0.938 bits per heavy atom. The predicted octanol–water partition coefficient (Wildman–Crippen LogP) is 6.27. The largest absolute Gasteiger partial charge is 0.489 e. The number of amides is 1. The highest BCUT2D eigenvalue weighted by molar-refractivity contribution is 6.34. The Morgan fingerprint density at radius 2 is 1.59 bits per heavy atom. The van der Waals surface area contributed by atoms with Gasteiger partial charge in [0.1, 0.15) is 12.4 Å². The molecule has 0 spiro atoms. The number of hydrogen-bond acceptors (Lipinski definition) is 3. The molecule has 3 aromatic carbocycles. The minimum Gasteiger partial charge on any atom is -0.489 e. The van der Waals surface area contributed by atoms with Crippen molar-refractivity contribution in [3.8, 4) is 5.75 Å². The van der Waals surface area contributed by atoms with E-state index in [4.69, 9.17) is 16.3 Å². The lowest BCUT2D eigenvalue weighted by molar-refractivity contribution is -0.114. The van der Waals surface area contributed by atoms with Crippen molar-refractivity contribution in [3.63, 3.8) is 0 Å². The van der Waals surface area contributed by atoms with Crippen LogP contribution in [0.15, 0.2) is 89.5 Å². The van der Waals surface area contributed by atoms with Crippen LogP contribution in [-0.4, -0.2) is 17.8 Å². The van der Waals surface area contributed by atoms with Gasteiger partial charge in [0.05, 0.1) is 11.3 Å². The molecule has 0 fully saturated rings. The Hall–Kier alpha value is -3.58. The number of hydrazone groups is 1. The third-order valence-corrected chi connectivity index (χ3v) is 4.91. The molecule has 0 atom stereocenters. The van der Waals surface area contributed by atoms with Gasteiger partial charge < -0.3 is 4.74 Å². The van der Waals surface area contributed by atoms with Crippen molar-refractivity contribution in [2.75, 3.05) is 5.01 Å². The van der Waals surface area contributed by atoms with Gasteiger partial charge in [-0.05, 0) is 53.6 Å². The Morgan fingerprint density at radius 3 is 2.22 bits per heavy atom. The first-order valence-electron chi connectivity index (χ1n) is 9.56. The van der Waals surface area contributed by atoms with Gasteiger partial charge in [-0.3, -0.25) is 4.79 Å². The summed E-state index contributed by atoms with van der Waals surface area (Å²) in [6.07, 6.45) is -3.59. The normalized spacial score (nSPS) is 15.2. The molecular formula is C24H16ClF3N2O2. The summed E-state index contributed by atoms with van der Waals surface area (Å²) in [5.41, 5.74) is -0.151. The Bertz CT molecular complexity index is 1170. The smallest absolute Gasteiger partial charge is 0.435 e. The molecule has 8 heteroatoms. The standard InChI is InChI=1S/C24H16ClF3N2O2/c25-18-10-6-17(7-11-18)15-32-20-12-8-16(9-13-20)14-21-22(24(26,27)28)29-30(23(21)31)19-4-2-1-3-5-19/h1-14H,15H2/b21-14-. The summed E-state index contributed by atoms with van der Waals surface area (Å²) in [4.78, 5) is 12.7. The van der Waals surface area contributed by atoms with Gasteiger partial charge in [-0.2, -0.15) is 23.3 Å². The van der Waals surface area contributed by atoms with Crippen LogP contribution < -0.4 is 9.75 Å². The second kappa shape index (κ2) is 8.88. The third kappa shape index (κ3) is 4.84. The minimum atomic E-state index is -4.77. The molecule has 162 valence electrons. The van der Waals surface area contributed by atoms with E-state index >= 15 is 0 Å². The van der Waals surface area contributed by atoms with Gasteiger partial charge in [0.2, 0.25) is 0 Å². The van der Waals surface area contributed by atoms with Crippen LogP contribution >= 0.6 is 11.6 Å². The number of halogens is 4. The monoisotopic (exact) mass is 456 g/mol. The number of para-hydroxylation sites is 1. The van der Waals surface area contributed by atoms with Gasteiger partial charge in [0, 0.05) is 5.02 Å². The second-order valence-corrected chi connectivity index (χ2v) is 7.38. The summed E-state index contributed by atoms with van der Waals surface area (Å²) in [5.74, 6) is -0.304. The van der Waals surface area contributed by atoms with E-state index in [2.05, 4.69) is 5.10 Å². The summed E-state index contributed by atoms with van der Waals surface area (Å²) in [6.45, 7) is 0.313. The molecule has 4 nitrogen and oxygen atoms in total. The first kappa shape index (κ1) is 21.6. The molecule has 0 N–H and O–H groups in total. The highest BCUT2D eigenvalue weighted by Gasteiger charge is 2.46. The first-order chi connectivity index (χ1) is 15.3. The number of nitrogens with zero attached hydrogens (tertiary/aromatic N) is 2. The van der Waals surface area contributed by atoms with Crippen molar-refractivity contribution in [2.45, 2.75) is 12.8 Å². The molecule has 32 heavy (non-hydrogen) atoms. The number of hydrogen-bond donors (Lipinski definition) is 0. The zero-order valence-corrected chi connectivity index (χ0v) is 17.3. The van der Waals surface area contributed by atoms with Crippen molar-refractivity contribution >= 4 is 35.0 Å². The zero-order valence-electron chi connectivity index (χ0n) is 16.5. The van der Waals surface area contributed by atoms with Crippen LogP contribution in [0.4, 0.5) is 18.9 Å². The molecule has 0 bridgehead atoms. The molecule has 1 aliphatic rings. The average molecular weight is 457 g/mol. The maximum absolute atomic E-state index is 13.5. The number of rotatable bonds is 5. The highest BCUT2D eigenvalue weighted by Crippen LogP contribution is 2.32. The molecule has 0 aromatic heterocycles. The maximum atomic E-state index is 13.5. The van der Waals surface area contributed by atoms with E-state index in [1.54, 1.807) is 54.6 Å². The SMILES string of the molecule is O=C1/C(=C\c2ccc(OCc3ccc(Cl)cc3)cc2)C(C(F)(F)F)=NN1c1ccccc1. The van der Waals surface area contributed by atoms with Crippen LogP contribution in [0.25, 0.3) is 6.08 Å². The van der Waals surface area contributed by atoms with Crippen molar-refractivity contribution in [3.05, 3.63) is 101 Å². The fourth-order valence-electron chi connectivity index (χ4n) is 3.07. The Balaban J connectivity index is 1.54. The summed E-state index contributed by atoms with van der Waals surface area (Å²) in [5, 5.41) is 4.94. The molecule has 4 rings (SSSR count). The molecule has 3 aromatic rings. The van der Waals surface area contributed by atoms with Crippen molar-refractivity contribution in [2.24, 2.45) is 5.10 Å². The second-order valence-electron chi connectivity index (χ2n) is 6.94. The van der Waals surface area contributed by atoms with Gasteiger partial charge in [-0.25, -0.2) is 0 Å². The minimum absolute atomic E-state index is 0.258. The molecule has 0 aliphatic carbocycles. The zero-order chi connectivity index (χ0) is 22.7. The fourth-order valence-corrected chi connectivity index (χ4v) is 3.20. The summed E-state index contributed by atoms with van der Waals surface area (Å²) in [7, 11) is 0. The summed E-state index contributed by atoms with van der Waals surface area (Å²) < 4.78 is 46.3. The predicted molar refractivity (Wildman–Crippen MR) is 118 cm³/mol. The van der Waals surface area contributed by atoms with Crippen LogP contribution in [0.5, 0.6) is 5.75 Å². The van der Waals surface area contributed by atoms with E-state index < -0.39 is 23.4 Å². The third-order valence-electron chi connectivity index (χ3n) is 4.66. The van der Waals surface area contributed by atoms with Gasteiger partial charge in [-0.15, -0.1) is 0 Å². The topological polar surface area (TPSA) is 41.9 Å².